The zero-order chi connectivity index (χ0) is 20.9. The van der Waals surface area contributed by atoms with Gasteiger partial charge in [0.1, 0.15) is 47.5 Å². The summed E-state index contributed by atoms with van der Waals surface area (Å²) in [6.07, 6.45) is -0.947. The van der Waals surface area contributed by atoms with Crippen LogP contribution < -0.4 is 49.6 Å². The van der Waals surface area contributed by atoms with E-state index in [1.807, 2.05) is 6.07 Å². The average Bonchev–Trinajstić information content (AvgIpc) is 3.31. The molecule has 10 nitrogen and oxygen atoms in total. The van der Waals surface area contributed by atoms with Crippen LogP contribution in [0.2, 0.25) is 0 Å². The van der Waals surface area contributed by atoms with E-state index in [2.05, 4.69) is 20.6 Å². The van der Waals surface area contributed by atoms with Crippen molar-refractivity contribution in [2.75, 3.05) is 13.2 Å². The van der Waals surface area contributed by atoms with Crippen LogP contribution in [0.4, 0.5) is 0 Å². The summed E-state index contributed by atoms with van der Waals surface area (Å²) in [5, 5.41) is 33.3. The Morgan fingerprint density at radius 3 is 2.65 bits per heavy atom. The number of nitriles is 1. The molecule has 0 radical (unpaired) electrons. The maximum atomic E-state index is 12.6. The van der Waals surface area contributed by atoms with Crippen LogP contribution >= 0.6 is 0 Å². The molecule has 0 spiro atoms. The first-order valence-corrected chi connectivity index (χ1v) is 8.84. The van der Waals surface area contributed by atoms with E-state index < -0.39 is 6.10 Å². The Labute approximate surface area is 197 Å². The minimum Gasteiger partial charge on any atom is -0.491 e. The van der Waals surface area contributed by atoms with E-state index in [9.17, 15) is 9.90 Å². The van der Waals surface area contributed by atoms with Crippen molar-refractivity contribution < 1.29 is 48.6 Å². The number of ether oxygens (including phenoxy) is 2. The van der Waals surface area contributed by atoms with Gasteiger partial charge in [-0.25, -0.2) is 0 Å². The molecular formula is C20H14N5NaO5. The molecule has 0 aliphatic carbocycles. The summed E-state index contributed by atoms with van der Waals surface area (Å²) in [4.78, 5) is 12.6. The Morgan fingerprint density at radius 1 is 1.16 bits per heavy atom. The maximum Gasteiger partial charge on any atom is 1.00 e. The zero-order valence-electron chi connectivity index (χ0n) is 16.4. The van der Waals surface area contributed by atoms with E-state index in [1.54, 1.807) is 42.5 Å². The summed E-state index contributed by atoms with van der Waals surface area (Å²) >= 11 is 0. The molecule has 2 aromatic heterocycles. The Balaban J connectivity index is 0.00000272. The number of tetrazole rings is 1. The molecule has 0 amide bonds. The molecule has 11 heteroatoms. The summed E-state index contributed by atoms with van der Waals surface area (Å²) in [5.74, 6) is 1.04. The van der Waals surface area contributed by atoms with Gasteiger partial charge in [0.25, 0.3) is 0 Å². The Bertz CT molecular complexity index is 1250. The molecule has 0 aliphatic heterocycles. The number of rotatable bonds is 7. The van der Waals surface area contributed by atoms with Crippen LogP contribution in [0.5, 0.6) is 11.5 Å². The molecule has 0 unspecified atom stereocenters. The van der Waals surface area contributed by atoms with E-state index in [0.29, 0.717) is 11.3 Å². The first-order chi connectivity index (χ1) is 14.6. The molecule has 0 fully saturated rings. The van der Waals surface area contributed by atoms with Crippen LogP contribution in [-0.2, 0) is 0 Å². The summed E-state index contributed by atoms with van der Waals surface area (Å²) < 4.78 is 16.8. The number of aromatic nitrogens is 4. The van der Waals surface area contributed by atoms with Crippen molar-refractivity contribution in [3.8, 4) is 29.2 Å². The first kappa shape index (κ1) is 22.5. The van der Waals surface area contributed by atoms with Gasteiger partial charge in [-0.05, 0) is 36.4 Å². The minimum absolute atomic E-state index is 0. The number of benzene rings is 2. The number of fused-ring (bicyclic) bond motifs is 1. The van der Waals surface area contributed by atoms with Crippen molar-refractivity contribution >= 4 is 11.0 Å². The van der Waals surface area contributed by atoms with Gasteiger partial charge in [0, 0.05) is 6.07 Å². The Hall–Kier alpha value is -3.23. The van der Waals surface area contributed by atoms with Crippen LogP contribution in [0, 0.1) is 11.3 Å². The predicted molar refractivity (Wildman–Crippen MR) is 103 cm³/mol. The third-order valence-electron chi connectivity index (χ3n) is 4.11. The number of hydrogen-bond donors (Lipinski definition) is 1. The normalized spacial score (nSPS) is 11.4. The number of hydrogen-bond acceptors (Lipinski definition) is 9. The van der Waals surface area contributed by atoms with Crippen LogP contribution in [0.25, 0.3) is 22.6 Å². The van der Waals surface area contributed by atoms with Crippen LogP contribution in [0.3, 0.4) is 0 Å². The molecule has 4 aromatic rings. The molecule has 1 atom stereocenters. The largest absolute Gasteiger partial charge is 1.00 e. The second-order valence-electron chi connectivity index (χ2n) is 6.22. The molecule has 2 heterocycles. The van der Waals surface area contributed by atoms with Crippen molar-refractivity contribution in [3.63, 3.8) is 0 Å². The second-order valence-corrected chi connectivity index (χ2v) is 6.22. The summed E-state index contributed by atoms with van der Waals surface area (Å²) in [5.41, 5.74) is 0.444. The molecule has 2 aromatic carbocycles. The molecule has 0 saturated heterocycles. The van der Waals surface area contributed by atoms with Gasteiger partial charge in [0.15, 0.2) is 5.43 Å². The third kappa shape index (κ3) is 5.28. The van der Waals surface area contributed by atoms with E-state index in [4.69, 9.17) is 19.2 Å². The molecule has 0 aliphatic rings. The van der Waals surface area contributed by atoms with Gasteiger partial charge in [-0.15, -0.1) is 0 Å². The monoisotopic (exact) mass is 427 g/mol. The second kappa shape index (κ2) is 10.2. The molecule has 1 N–H and O–H groups in total. The number of nitrogens with zero attached hydrogens (tertiary/aromatic N) is 5. The fraction of sp³-hybridized carbons (Fsp3) is 0.150. The molecule has 150 valence electrons. The fourth-order valence-corrected chi connectivity index (χ4v) is 2.70. The van der Waals surface area contributed by atoms with Crippen molar-refractivity contribution in [2.24, 2.45) is 0 Å². The van der Waals surface area contributed by atoms with Crippen LogP contribution in [0.1, 0.15) is 5.56 Å². The van der Waals surface area contributed by atoms with Gasteiger partial charge in [0.05, 0.1) is 17.5 Å². The van der Waals surface area contributed by atoms with Gasteiger partial charge in [0.2, 0.25) is 0 Å². The van der Waals surface area contributed by atoms with Crippen molar-refractivity contribution in [1.82, 2.24) is 20.6 Å². The Kier molecular flexibility index (Phi) is 7.38. The fourth-order valence-electron chi connectivity index (χ4n) is 2.70. The molecule has 0 bridgehead atoms. The standard InChI is InChI=1S/C20H15N5O5.Na/c21-9-12-4-6-14(7-5-12)28-10-13(26)11-29-16-2-1-3-17-19(16)15(27)8-18(30-17)20-22-24-25-23-20;/h1-8,13,26H,10-11H2,(H,22,23,24,25,27);/q;+1/p-1/t13-;/m1./s1. The number of aliphatic hydroxyl groups excluding tert-OH is 1. The first-order valence-electron chi connectivity index (χ1n) is 8.84. The molecular weight excluding hydrogens is 413 g/mol. The van der Waals surface area contributed by atoms with E-state index in [1.165, 1.54) is 6.07 Å². The van der Waals surface area contributed by atoms with Crippen molar-refractivity contribution in [3.05, 3.63) is 64.3 Å². The quantitative estimate of drug-likeness (QED) is 0.339. The van der Waals surface area contributed by atoms with Gasteiger partial charge in [-0.2, -0.15) is 10.5 Å². The van der Waals surface area contributed by atoms with Gasteiger partial charge in [-0.3, -0.25) is 15.1 Å². The summed E-state index contributed by atoms with van der Waals surface area (Å²) in [6, 6.07) is 14.6. The van der Waals surface area contributed by atoms with Crippen molar-refractivity contribution in [2.45, 2.75) is 6.10 Å². The van der Waals surface area contributed by atoms with Crippen LogP contribution in [-0.4, -0.2) is 39.9 Å². The van der Waals surface area contributed by atoms with E-state index in [0.717, 1.165) is 0 Å². The molecule has 4 rings (SSSR count). The summed E-state index contributed by atoms with van der Waals surface area (Å²) in [7, 11) is 0. The smallest absolute Gasteiger partial charge is 0.491 e. The number of aliphatic hydroxyl groups is 1. The summed E-state index contributed by atoms with van der Waals surface area (Å²) in [6.45, 7) is -0.125. The topological polar surface area (TPSA) is 145 Å². The van der Waals surface area contributed by atoms with Gasteiger partial charge < -0.3 is 24.1 Å². The molecule has 0 saturated carbocycles. The minimum atomic E-state index is -0.947. The van der Waals surface area contributed by atoms with Gasteiger partial charge >= 0.3 is 29.6 Å². The average molecular weight is 427 g/mol. The van der Waals surface area contributed by atoms with Crippen LogP contribution in [0.15, 0.2) is 57.7 Å². The zero-order valence-corrected chi connectivity index (χ0v) is 18.4. The maximum absolute atomic E-state index is 12.6. The third-order valence-corrected chi connectivity index (χ3v) is 4.11. The predicted octanol–water partition coefficient (Wildman–Crippen LogP) is -1.70. The van der Waals surface area contributed by atoms with E-state index >= 15 is 0 Å². The van der Waals surface area contributed by atoms with Gasteiger partial charge in [-0.1, -0.05) is 6.07 Å². The molecule has 31 heavy (non-hydrogen) atoms. The Morgan fingerprint density at radius 2 is 1.94 bits per heavy atom. The van der Waals surface area contributed by atoms with Crippen molar-refractivity contribution in [1.29, 1.82) is 5.26 Å². The van der Waals surface area contributed by atoms with E-state index in [-0.39, 0.29) is 76.5 Å². The SMILES string of the molecule is N#Cc1ccc(OC[C@@H](O)COc2cccc3oc(-c4nnn[n-]4)cc(=O)c23)cc1.[Na+].